The van der Waals surface area contributed by atoms with Gasteiger partial charge >= 0.3 is 0 Å². The number of anilines is 1. The fourth-order valence-electron chi connectivity index (χ4n) is 0.552. The number of nitrogens with two attached hydrogens (primary N) is 1. The van der Waals surface area contributed by atoms with Crippen LogP contribution in [-0.2, 0) is 0 Å². The Labute approximate surface area is 64.6 Å². The van der Waals surface area contributed by atoms with Crippen LogP contribution in [-0.4, -0.2) is 4.51 Å². The first-order chi connectivity index (χ1) is 4.33. The Morgan fingerprint density at radius 3 is 2.22 bits per heavy atom. The fraction of sp³-hybridized carbons (Fsp3) is 0. The molecule has 0 bridgehead atoms. The van der Waals surface area contributed by atoms with E-state index in [0.717, 1.165) is 5.69 Å². The summed E-state index contributed by atoms with van der Waals surface area (Å²) in [6.45, 7) is 0. The van der Waals surface area contributed by atoms with Crippen molar-refractivity contribution >= 4 is 30.9 Å². The van der Waals surface area contributed by atoms with Gasteiger partial charge in [-0.25, -0.2) is 0 Å². The highest BCUT2D eigenvalue weighted by molar-refractivity contribution is 14.2. The summed E-state index contributed by atoms with van der Waals surface area (Å²) in [4.78, 5) is 0. The van der Waals surface area contributed by atoms with Crippen LogP contribution < -0.4 is 5.73 Å². The second-order valence-corrected chi connectivity index (χ2v) is 3.69. The molecule has 48 valence electrons. The molecule has 0 atom stereocenters. The second-order valence-electron chi connectivity index (χ2n) is 1.69. The van der Waals surface area contributed by atoms with Crippen molar-refractivity contribution in [2.24, 2.45) is 0 Å². The van der Waals surface area contributed by atoms with E-state index in [1.165, 1.54) is 3.57 Å². The number of hydrogen-bond donors (Lipinski definition) is 1. The minimum absolute atomic E-state index is 0.00899. The van der Waals surface area contributed by atoms with E-state index in [1.54, 1.807) is 0 Å². The molecule has 1 aromatic rings. The average Bonchev–Trinajstić information content (AvgIpc) is 1.90. The summed E-state index contributed by atoms with van der Waals surface area (Å²) in [5.41, 5.74) is 6.30. The molecule has 0 fully saturated rings. The van der Waals surface area contributed by atoms with E-state index in [2.05, 4.69) is 4.51 Å². The molecule has 9 heavy (non-hydrogen) atoms. The van der Waals surface area contributed by atoms with E-state index >= 15 is 0 Å². The van der Waals surface area contributed by atoms with Crippen LogP contribution >= 0.6 is 20.7 Å². The van der Waals surface area contributed by atoms with Crippen molar-refractivity contribution in [3.05, 3.63) is 27.8 Å². The van der Waals surface area contributed by atoms with Crippen molar-refractivity contribution in [1.82, 2.24) is 0 Å². The Hall–Kier alpha value is -0.380. The van der Waals surface area contributed by atoms with E-state index in [-0.39, 0.29) is 20.7 Å². The summed E-state index contributed by atoms with van der Waals surface area (Å²) < 4.78 is 5.19. The molecule has 0 radical (unpaired) electrons. The van der Waals surface area contributed by atoms with Gasteiger partial charge in [0.25, 0.3) is 0 Å². The van der Waals surface area contributed by atoms with Crippen LogP contribution in [0.3, 0.4) is 0 Å². The number of nitrogen functional groups attached to an aromatic ring is 1. The highest BCUT2D eigenvalue weighted by Gasteiger charge is 1.83. The molecule has 1 rings (SSSR count). The van der Waals surface area contributed by atoms with Gasteiger partial charge in [0, 0.05) is 9.26 Å². The lowest BCUT2D eigenvalue weighted by atomic mass is 10.3. The molecular weight excluding hydrogens is 225 g/mol. The molecule has 0 aromatic heterocycles. The summed E-state index contributed by atoms with van der Waals surface area (Å²) in [5.74, 6) is 0. The molecule has 0 spiro atoms. The van der Waals surface area contributed by atoms with Crippen LogP contribution in [0.5, 0.6) is 0 Å². The van der Waals surface area contributed by atoms with Gasteiger partial charge in [-0.15, -0.1) is 0 Å². The smallest absolute Gasteiger partial charge is 0.0314 e. The zero-order valence-corrected chi connectivity index (χ0v) is 7.13. The average molecular weight is 233 g/mol. The van der Waals surface area contributed by atoms with Crippen LogP contribution in [0.2, 0.25) is 0 Å². The normalized spacial score (nSPS) is 9.33. The Morgan fingerprint density at radius 2 is 1.78 bits per heavy atom. The molecule has 2 N–H and O–H groups in total. The highest BCUT2D eigenvalue weighted by atomic mass is 127. The first-order valence-electron chi connectivity index (χ1n) is 2.57. The zero-order valence-electron chi connectivity index (χ0n) is 4.97. The van der Waals surface area contributed by atoms with Gasteiger partial charge in [-0.3, -0.25) is 0 Å². The molecule has 0 unspecified atom stereocenters. The van der Waals surface area contributed by atoms with E-state index in [0.29, 0.717) is 0 Å². The van der Waals surface area contributed by atoms with Crippen LogP contribution in [0.1, 0.15) is 0 Å². The summed E-state index contributed by atoms with van der Waals surface area (Å²) in [7, 11) is 0. The van der Waals surface area contributed by atoms with Crippen molar-refractivity contribution < 1.29 is 0 Å². The summed E-state index contributed by atoms with van der Waals surface area (Å²) in [5, 5.41) is 0. The number of rotatable bonds is 1. The monoisotopic (exact) mass is 233 g/mol. The predicted molar refractivity (Wildman–Crippen MR) is 50.7 cm³/mol. The third-order valence-corrected chi connectivity index (χ3v) is 2.62. The van der Waals surface area contributed by atoms with Gasteiger partial charge in [0.05, 0.1) is 0 Å². The van der Waals surface area contributed by atoms with Crippen LogP contribution in [0.15, 0.2) is 24.3 Å². The van der Waals surface area contributed by atoms with Gasteiger partial charge in [-0.2, -0.15) is 0 Å². The van der Waals surface area contributed by atoms with Gasteiger partial charge in [-0.1, -0.05) is 25.2 Å². The van der Waals surface area contributed by atoms with Crippen molar-refractivity contribution in [2.75, 3.05) is 5.73 Å². The summed E-state index contributed by atoms with van der Waals surface area (Å²) >= 11 is -0.00899. The highest BCUT2D eigenvalue weighted by Crippen LogP contribution is 2.10. The largest absolute Gasteiger partial charge is 0.399 e. The summed E-state index contributed by atoms with van der Waals surface area (Å²) in [6.07, 6.45) is 0. The van der Waals surface area contributed by atoms with Gasteiger partial charge in [-0.05, 0) is 24.3 Å². The minimum Gasteiger partial charge on any atom is -0.399 e. The van der Waals surface area contributed by atoms with Gasteiger partial charge in [0.1, 0.15) is 0 Å². The molecule has 1 nitrogen and oxygen atoms in total. The van der Waals surface area contributed by atoms with E-state index in [1.807, 2.05) is 24.3 Å². The van der Waals surface area contributed by atoms with Crippen LogP contribution in [0.25, 0.3) is 0 Å². The molecule has 0 heterocycles. The van der Waals surface area contributed by atoms with Crippen molar-refractivity contribution in [3.8, 4) is 0 Å². The first kappa shape index (κ1) is 6.74. The van der Waals surface area contributed by atoms with Crippen molar-refractivity contribution in [1.29, 1.82) is 0 Å². The topological polar surface area (TPSA) is 26.0 Å². The molecule has 0 saturated heterocycles. The van der Waals surface area contributed by atoms with Gasteiger partial charge in [0.15, 0.2) is 0 Å². The SMILES string of the molecule is C=Ic1ccc(N)cc1. The van der Waals surface area contributed by atoms with E-state index < -0.39 is 0 Å². The molecule has 0 aliphatic heterocycles. The standard InChI is InChI=1S/C7H8IN/c1-8-6-2-4-7(9)5-3-6/h2-5H,1,9H2. The number of hydrogen-bond acceptors (Lipinski definition) is 1. The van der Waals surface area contributed by atoms with Gasteiger partial charge in [0.2, 0.25) is 0 Å². The maximum Gasteiger partial charge on any atom is 0.0314 e. The van der Waals surface area contributed by atoms with Gasteiger partial charge < -0.3 is 5.73 Å². The zero-order chi connectivity index (χ0) is 6.69. The Kier molecular flexibility index (Phi) is 2.22. The van der Waals surface area contributed by atoms with Crippen molar-refractivity contribution in [2.45, 2.75) is 0 Å². The molecule has 0 aliphatic carbocycles. The lowest BCUT2D eigenvalue weighted by Crippen LogP contribution is -1.81. The van der Waals surface area contributed by atoms with E-state index in [4.69, 9.17) is 5.73 Å². The Balaban J connectivity index is 3.01. The van der Waals surface area contributed by atoms with Crippen LogP contribution in [0, 0.1) is 3.57 Å². The Bertz CT molecular complexity index is 203. The number of benzene rings is 1. The molecular formula is C7H8IN. The lowest BCUT2D eigenvalue weighted by molar-refractivity contribution is 1.63. The quantitative estimate of drug-likeness (QED) is 0.581. The molecule has 1 aromatic carbocycles. The fourth-order valence-corrected chi connectivity index (χ4v) is 1.42. The molecule has 0 amide bonds. The van der Waals surface area contributed by atoms with Crippen molar-refractivity contribution in [3.63, 3.8) is 0 Å². The predicted octanol–water partition coefficient (Wildman–Crippen LogP) is 1.84. The maximum atomic E-state index is 5.47. The Morgan fingerprint density at radius 1 is 1.22 bits per heavy atom. The minimum atomic E-state index is -0.00899. The van der Waals surface area contributed by atoms with E-state index in [9.17, 15) is 0 Å². The second kappa shape index (κ2) is 2.96. The first-order valence-corrected chi connectivity index (χ1v) is 5.17. The molecule has 0 aliphatic rings. The number of halogens is 1. The summed E-state index contributed by atoms with van der Waals surface area (Å²) in [6, 6.07) is 7.91. The third kappa shape index (κ3) is 1.78. The third-order valence-electron chi connectivity index (χ3n) is 1.02. The molecule has 0 saturated carbocycles. The van der Waals surface area contributed by atoms with Crippen LogP contribution in [0.4, 0.5) is 5.69 Å². The molecule has 2 heteroatoms. The maximum absolute atomic E-state index is 5.47. The lowest BCUT2D eigenvalue weighted by Gasteiger charge is -1.91.